The van der Waals surface area contributed by atoms with Crippen LogP contribution in [-0.4, -0.2) is 40.9 Å². The van der Waals surface area contributed by atoms with Crippen LogP contribution in [0.1, 0.15) is 73.0 Å². The van der Waals surface area contributed by atoms with E-state index in [0.717, 1.165) is 0 Å². The molecule has 8 aromatic carbocycles. The van der Waals surface area contributed by atoms with Crippen LogP contribution in [0.25, 0.3) is 0 Å². The number of aryl methyl sites for hydroxylation is 1. The van der Waals surface area contributed by atoms with E-state index in [4.69, 9.17) is 0 Å². The van der Waals surface area contributed by atoms with E-state index in [1.54, 1.807) is 24.3 Å². The quantitative estimate of drug-likeness (QED) is 0.0856. The van der Waals surface area contributed by atoms with Gasteiger partial charge in [-0.25, -0.2) is 0 Å². The number of benzene rings is 8. The average Bonchev–Trinajstić information content (AvgIpc) is 3.26. The second-order valence-corrected chi connectivity index (χ2v) is 15.0. The Morgan fingerprint density at radius 1 is 0.295 bits per heavy atom. The van der Waals surface area contributed by atoms with Gasteiger partial charge in [-0.3, -0.25) is 0 Å². The summed E-state index contributed by atoms with van der Waals surface area (Å²) in [6, 6.07) is 51.9. The predicted octanol–water partition coefficient (Wildman–Crippen LogP) is 10.9. The molecule has 306 valence electrons. The number of fused-ring (bicyclic) bond motifs is 8. The van der Waals surface area contributed by atoms with Crippen molar-refractivity contribution in [2.45, 2.75) is 31.6 Å². The lowest BCUT2D eigenvalue weighted by Gasteiger charge is -2.26. The molecule has 0 aliphatic heterocycles. The van der Waals surface area contributed by atoms with Gasteiger partial charge in [-0.2, -0.15) is 0 Å². The molecule has 0 saturated heterocycles. The normalized spacial score (nSPS) is 14.0. The monoisotopic (exact) mass is 810 g/mol. The van der Waals surface area contributed by atoms with Crippen molar-refractivity contribution in [3.63, 3.8) is 0 Å². The molecule has 0 spiro atoms. The Kier molecular flexibility index (Phi) is 12.5. The average molecular weight is 811 g/mol. The van der Waals surface area contributed by atoms with Crippen molar-refractivity contribution in [2.75, 3.05) is 0 Å². The molecule has 9 rings (SSSR count). The summed E-state index contributed by atoms with van der Waals surface area (Å²) in [7, 11) is 0. The van der Waals surface area contributed by atoms with Crippen LogP contribution in [0.15, 0.2) is 176 Å². The largest absolute Gasteiger partial charge is 0.508 e. The van der Waals surface area contributed by atoms with Crippen LogP contribution < -0.4 is 0 Å². The van der Waals surface area contributed by atoms with E-state index in [-0.39, 0.29) is 58.8 Å². The maximum Gasteiger partial charge on any atom is 0.123 e. The number of phenolic OH excluding ortho intramolecular Hbond substituents is 8. The van der Waals surface area contributed by atoms with E-state index in [9.17, 15) is 40.9 Å². The Bertz CT molecular complexity index is 2560. The minimum Gasteiger partial charge on any atom is -0.508 e. The van der Waals surface area contributed by atoms with Gasteiger partial charge in [0, 0.05) is 71.2 Å². The number of phenols is 8. The van der Waals surface area contributed by atoms with Crippen molar-refractivity contribution < 1.29 is 40.9 Å². The van der Waals surface area contributed by atoms with E-state index in [1.165, 1.54) is 29.8 Å². The molecule has 8 heteroatoms. The standard InChI is InChI=1S/C40H32O8.C7H8.C6H6/c41-31-17-32(42)24-11-23(31)12-25-14-27(35(45)18-33(25)43)39(21-7-3-1-4-8-21)29-16-30(38(48)20-37(29)47)40(22-9-5-2-6-10-22)28-15-26(13-24)34(44)19-36(28)46;1-7-5-3-2-4-6-7;1-2-4-6-5-3-1/h1-11,14-20,39-48H,12-13H2;2-6H,1H3;1-6H. The number of hydrogen-bond donors (Lipinski definition) is 8. The molecule has 8 nitrogen and oxygen atoms in total. The Balaban J connectivity index is 0.000000368. The van der Waals surface area contributed by atoms with E-state index in [0.29, 0.717) is 55.6 Å². The van der Waals surface area contributed by atoms with Crippen LogP contribution in [0.4, 0.5) is 0 Å². The van der Waals surface area contributed by atoms with E-state index in [1.807, 2.05) is 115 Å². The molecule has 0 saturated carbocycles. The maximum absolute atomic E-state index is 11.5. The van der Waals surface area contributed by atoms with E-state index in [2.05, 4.69) is 19.1 Å². The minimum atomic E-state index is -0.804. The number of aromatic hydroxyl groups is 8. The summed E-state index contributed by atoms with van der Waals surface area (Å²) in [4.78, 5) is 0. The first-order valence-electron chi connectivity index (χ1n) is 19.8. The highest BCUT2D eigenvalue weighted by atomic mass is 16.3. The van der Waals surface area contributed by atoms with Crippen LogP contribution in [0.3, 0.4) is 0 Å². The molecule has 8 bridgehead atoms. The summed E-state index contributed by atoms with van der Waals surface area (Å²) >= 11 is 0. The zero-order valence-electron chi connectivity index (χ0n) is 33.4. The van der Waals surface area contributed by atoms with Crippen molar-refractivity contribution in [3.05, 3.63) is 237 Å². The third-order valence-electron chi connectivity index (χ3n) is 10.8. The summed E-state index contributed by atoms with van der Waals surface area (Å²) in [6.45, 7) is 2.08. The lowest BCUT2D eigenvalue weighted by Crippen LogP contribution is -2.10. The molecule has 8 aromatic rings. The Morgan fingerprint density at radius 3 is 0.885 bits per heavy atom. The van der Waals surface area contributed by atoms with E-state index < -0.39 is 11.8 Å². The second kappa shape index (κ2) is 18.4. The maximum atomic E-state index is 11.5. The molecule has 61 heavy (non-hydrogen) atoms. The van der Waals surface area contributed by atoms with Crippen LogP contribution >= 0.6 is 0 Å². The zero-order valence-corrected chi connectivity index (χ0v) is 33.4. The summed E-state index contributed by atoms with van der Waals surface area (Å²) < 4.78 is 0. The van der Waals surface area contributed by atoms with Crippen LogP contribution in [0, 0.1) is 6.92 Å². The minimum absolute atomic E-state index is 0.00936. The highest BCUT2D eigenvalue weighted by molar-refractivity contribution is 5.63. The van der Waals surface area contributed by atoms with Gasteiger partial charge in [-0.1, -0.05) is 133 Å². The fourth-order valence-corrected chi connectivity index (χ4v) is 7.73. The summed E-state index contributed by atoms with van der Waals surface area (Å²) in [5.74, 6) is -3.46. The first kappa shape index (κ1) is 41.3. The molecule has 0 fully saturated rings. The molecule has 0 amide bonds. The first-order chi connectivity index (χ1) is 29.5. The van der Waals surface area contributed by atoms with Crippen LogP contribution in [0.5, 0.6) is 46.0 Å². The number of rotatable bonds is 2. The highest BCUT2D eigenvalue weighted by Gasteiger charge is 2.31. The molecule has 2 atom stereocenters. The second-order valence-electron chi connectivity index (χ2n) is 15.0. The molecule has 2 unspecified atom stereocenters. The van der Waals surface area contributed by atoms with Gasteiger partial charge < -0.3 is 40.9 Å². The fraction of sp³-hybridized carbons (Fsp3) is 0.0943. The van der Waals surface area contributed by atoms with Crippen molar-refractivity contribution in [2.24, 2.45) is 0 Å². The SMILES string of the molecule is Cc1ccccc1.Oc1cc(O)c2cc1Cc1cc(c(O)cc1O)C(c1ccccc1)c1cc(c(O)cc1O)C(c1ccccc1)c1cc(c(O)cc1O)C2.c1ccccc1. The molecule has 0 aromatic heterocycles. The molecule has 0 radical (unpaired) electrons. The summed E-state index contributed by atoms with van der Waals surface area (Å²) in [5, 5.41) is 89.3. The molecular weight excluding hydrogens is 765 g/mol. The van der Waals surface area contributed by atoms with Gasteiger partial charge in [-0.05, 0) is 64.6 Å². The van der Waals surface area contributed by atoms with Crippen molar-refractivity contribution in [1.82, 2.24) is 0 Å². The van der Waals surface area contributed by atoms with Gasteiger partial charge in [0.15, 0.2) is 0 Å². The highest BCUT2D eigenvalue weighted by Crippen LogP contribution is 2.49. The van der Waals surface area contributed by atoms with Crippen molar-refractivity contribution >= 4 is 0 Å². The van der Waals surface area contributed by atoms with Gasteiger partial charge in [0.05, 0.1) is 0 Å². The van der Waals surface area contributed by atoms with Gasteiger partial charge in [0.2, 0.25) is 0 Å². The lowest BCUT2D eigenvalue weighted by atomic mass is 9.78. The van der Waals surface area contributed by atoms with Gasteiger partial charge in [-0.15, -0.1) is 0 Å². The molecule has 1 aliphatic carbocycles. The van der Waals surface area contributed by atoms with Crippen molar-refractivity contribution in [3.8, 4) is 46.0 Å². The molecular formula is C53H46O8. The third kappa shape index (κ3) is 9.40. The third-order valence-corrected chi connectivity index (χ3v) is 10.8. The van der Waals surface area contributed by atoms with E-state index >= 15 is 0 Å². The van der Waals surface area contributed by atoms with Crippen LogP contribution in [-0.2, 0) is 12.8 Å². The Labute approximate surface area is 354 Å². The van der Waals surface area contributed by atoms with Gasteiger partial charge in [0.1, 0.15) is 46.0 Å². The van der Waals surface area contributed by atoms with Crippen molar-refractivity contribution in [1.29, 1.82) is 0 Å². The zero-order chi connectivity index (χ0) is 43.0. The fourth-order valence-electron chi connectivity index (χ4n) is 7.73. The number of hydrogen-bond acceptors (Lipinski definition) is 8. The molecule has 1 aliphatic rings. The molecule has 0 heterocycles. The lowest BCUT2D eigenvalue weighted by molar-refractivity contribution is 0.433. The van der Waals surface area contributed by atoms with Gasteiger partial charge in [0.25, 0.3) is 0 Å². The first-order valence-corrected chi connectivity index (χ1v) is 19.8. The van der Waals surface area contributed by atoms with Gasteiger partial charge >= 0.3 is 0 Å². The molecule has 8 N–H and O–H groups in total. The summed E-state index contributed by atoms with van der Waals surface area (Å²) in [6.07, 6.45) is 0.0187. The smallest absolute Gasteiger partial charge is 0.123 e. The van der Waals surface area contributed by atoms with Crippen LogP contribution in [0.2, 0.25) is 0 Å². The predicted molar refractivity (Wildman–Crippen MR) is 237 cm³/mol. The summed E-state index contributed by atoms with van der Waals surface area (Å²) in [5.41, 5.74) is 5.53. The Morgan fingerprint density at radius 2 is 0.557 bits per heavy atom. The Hall–Kier alpha value is -7.84. The topological polar surface area (TPSA) is 162 Å².